The topological polar surface area (TPSA) is 51.8 Å². The quantitative estimate of drug-likeness (QED) is 0.145. The molecule has 2 heterocycles. The first-order valence-electron chi connectivity index (χ1n) is 22.6. The molecule has 0 saturated carbocycles. The average molecular weight is 856 g/mol. The Hall–Kier alpha value is -8.99. The Bertz CT molecular complexity index is 3720. The van der Waals surface area contributed by atoms with Crippen LogP contribution in [0.4, 0.5) is 0 Å². The van der Waals surface area contributed by atoms with Crippen molar-refractivity contribution in [2.24, 2.45) is 0 Å². The van der Waals surface area contributed by atoms with Crippen molar-refractivity contribution in [3.8, 4) is 100 Å². The zero-order chi connectivity index (χ0) is 44.5. The minimum atomic E-state index is 0.699. The van der Waals surface area contributed by atoms with Gasteiger partial charge in [0, 0.05) is 44.2 Å². The highest BCUT2D eigenvalue weighted by Gasteiger charge is 2.33. The molecule has 0 radical (unpaired) electrons. The summed E-state index contributed by atoms with van der Waals surface area (Å²) in [5.74, 6) is 0. The van der Waals surface area contributed by atoms with E-state index >= 15 is 0 Å². The molecule has 4 nitrogen and oxygen atoms in total. The maximum absolute atomic E-state index is 7.27. The summed E-state index contributed by atoms with van der Waals surface area (Å²) in [5, 5.41) is 17.1. The van der Waals surface area contributed by atoms with E-state index in [-0.39, 0.29) is 0 Å². The zero-order valence-electron chi connectivity index (χ0n) is 36.4. The molecule has 0 unspecified atom stereocenters. The van der Waals surface area contributed by atoms with Crippen molar-refractivity contribution in [3.63, 3.8) is 0 Å². The molecule has 2 aromatic heterocycles. The fraction of sp³-hybridized carbons (Fsp3) is 0. The van der Waals surface area contributed by atoms with Crippen LogP contribution in [0.1, 0.15) is 0 Å². The first-order valence-corrected chi connectivity index (χ1v) is 22.6. The standard InChI is InChI=1S/C63H41N3O/c1-6-24-42(25-7-1)47-34-16-19-37-50(47)57-55(45-30-12-4-13-31-45)60(58-53-40-22-23-41-54(53)67-63(58)56(57)46-32-14-5-15-33-46)62-59(51-38-20-17-35-48(51)43-26-8-2-9-27-43)61(64-66-65-62)52-39-21-18-36-49(52)44-28-10-3-11-29-44/h1-41H. The highest BCUT2D eigenvalue weighted by atomic mass is 16.3. The van der Waals surface area contributed by atoms with E-state index in [1.165, 1.54) is 0 Å². The van der Waals surface area contributed by atoms with Crippen molar-refractivity contribution in [1.82, 2.24) is 15.4 Å². The van der Waals surface area contributed by atoms with Gasteiger partial charge >= 0.3 is 0 Å². The summed E-state index contributed by atoms with van der Waals surface area (Å²) in [6.07, 6.45) is 0. The molecule has 12 aromatic rings. The third kappa shape index (κ3) is 7.00. The SMILES string of the molecule is c1ccc(-c2ccccc2-c2nnnc(-c3c(-c4ccccc4)c(-c4ccccc4-c4ccccc4)c(-c4ccccc4)c4oc5ccccc5c34)c2-c2ccccc2-c2ccccc2)cc1. The fourth-order valence-electron chi connectivity index (χ4n) is 9.88. The second-order valence-corrected chi connectivity index (χ2v) is 16.6. The summed E-state index contributed by atoms with van der Waals surface area (Å²) < 4.78 is 7.27. The van der Waals surface area contributed by atoms with Gasteiger partial charge in [-0.3, -0.25) is 0 Å². The summed E-state index contributed by atoms with van der Waals surface area (Å²) in [6.45, 7) is 0. The predicted octanol–water partition coefficient (Wildman–Crippen LogP) is 16.8. The Morgan fingerprint density at radius 2 is 0.627 bits per heavy atom. The van der Waals surface area contributed by atoms with Crippen LogP contribution >= 0.6 is 0 Å². The van der Waals surface area contributed by atoms with E-state index in [9.17, 15) is 0 Å². The van der Waals surface area contributed by atoms with Crippen LogP contribution in [0.5, 0.6) is 0 Å². The molecule has 10 aromatic carbocycles. The number of fused-ring (bicyclic) bond motifs is 3. The van der Waals surface area contributed by atoms with E-state index in [4.69, 9.17) is 19.8 Å². The summed E-state index contributed by atoms with van der Waals surface area (Å²) in [5.41, 5.74) is 19.4. The van der Waals surface area contributed by atoms with Gasteiger partial charge < -0.3 is 4.42 Å². The Labute approximate surface area is 389 Å². The predicted molar refractivity (Wildman–Crippen MR) is 276 cm³/mol. The van der Waals surface area contributed by atoms with Gasteiger partial charge in [0.2, 0.25) is 0 Å². The summed E-state index contributed by atoms with van der Waals surface area (Å²) in [6, 6.07) is 87.4. The van der Waals surface area contributed by atoms with E-state index in [1.54, 1.807) is 0 Å². The third-order valence-corrected chi connectivity index (χ3v) is 12.8. The van der Waals surface area contributed by atoms with Crippen molar-refractivity contribution in [2.45, 2.75) is 0 Å². The maximum atomic E-state index is 7.27. The van der Waals surface area contributed by atoms with Crippen LogP contribution in [0.15, 0.2) is 253 Å². The van der Waals surface area contributed by atoms with Crippen molar-refractivity contribution < 1.29 is 4.42 Å². The van der Waals surface area contributed by atoms with Gasteiger partial charge in [-0.1, -0.05) is 243 Å². The van der Waals surface area contributed by atoms with Crippen LogP contribution < -0.4 is 0 Å². The number of hydrogen-bond acceptors (Lipinski definition) is 4. The molecule has 0 saturated heterocycles. The van der Waals surface area contributed by atoms with Crippen LogP contribution in [0, 0.1) is 0 Å². The molecule has 0 bridgehead atoms. The van der Waals surface area contributed by atoms with Gasteiger partial charge in [0.05, 0.1) is 0 Å². The Morgan fingerprint density at radius 3 is 1.15 bits per heavy atom. The molecular weight excluding hydrogens is 815 g/mol. The molecule has 0 aliphatic rings. The number of aromatic nitrogens is 3. The van der Waals surface area contributed by atoms with Gasteiger partial charge in [0.25, 0.3) is 0 Å². The highest BCUT2D eigenvalue weighted by molar-refractivity contribution is 6.25. The molecule has 67 heavy (non-hydrogen) atoms. The average Bonchev–Trinajstić information content (AvgIpc) is 3.80. The minimum Gasteiger partial charge on any atom is -0.455 e. The van der Waals surface area contributed by atoms with E-state index in [2.05, 4.69) is 243 Å². The second kappa shape index (κ2) is 17.2. The molecular formula is C63H41N3O. The van der Waals surface area contributed by atoms with Crippen LogP contribution in [-0.4, -0.2) is 15.4 Å². The number of benzene rings is 10. The Kier molecular flexibility index (Phi) is 10.2. The molecule has 12 rings (SSSR count). The highest BCUT2D eigenvalue weighted by Crippen LogP contribution is 2.56. The molecule has 314 valence electrons. The normalized spacial score (nSPS) is 11.3. The molecule has 0 fully saturated rings. The van der Waals surface area contributed by atoms with Crippen molar-refractivity contribution in [3.05, 3.63) is 249 Å². The number of rotatable bonds is 9. The summed E-state index contributed by atoms with van der Waals surface area (Å²) in [7, 11) is 0. The summed E-state index contributed by atoms with van der Waals surface area (Å²) in [4.78, 5) is 0. The van der Waals surface area contributed by atoms with Crippen LogP contribution in [0.3, 0.4) is 0 Å². The number of nitrogens with zero attached hydrogens (tertiary/aromatic N) is 3. The number of para-hydroxylation sites is 1. The lowest BCUT2D eigenvalue weighted by atomic mass is 9.78. The summed E-state index contributed by atoms with van der Waals surface area (Å²) >= 11 is 0. The van der Waals surface area contributed by atoms with Gasteiger partial charge in [-0.15, -0.1) is 10.2 Å². The fourth-order valence-corrected chi connectivity index (χ4v) is 9.88. The molecule has 4 heteroatoms. The monoisotopic (exact) mass is 855 g/mol. The molecule has 0 amide bonds. The van der Waals surface area contributed by atoms with Gasteiger partial charge in [-0.05, 0) is 66.9 Å². The lowest BCUT2D eigenvalue weighted by molar-refractivity contribution is 0.670. The van der Waals surface area contributed by atoms with Crippen molar-refractivity contribution in [1.29, 1.82) is 0 Å². The molecule has 0 N–H and O–H groups in total. The second-order valence-electron chi connectivity index (χ2n) is 16.6. The van der Waals surface area contributed by atoms with Crippen LogP contribution in [0.25, 0.3) is 122 Å². The largest absolute Gasteiger partial charge is 0.455 e. The lowest BCUT2D eigenvalue weighted by Gasteiger charge is -2.25. The first-order chi connectivity index (χ1) is 33.3. The van der Waals surface area contributed by atoms with Gasteiger partial charge in [-0.25, -0.2) is 0 Å². The van der Waals surface area contributed by atoms with Crippen molar-refractivity contribution in [2.75, 3.05) is 0 Å². The smallest absolute Gasteiger partial charge is 0.144 e. The minimum absolute atomic E-state index is 0.699. The maximum Gasteiger partial charge on any atom is 0.144 e. The molecule has 0 aliphatic carbocycles. The van der Waals surface area contributed by atoms with Crippen molar-refractivity contribution >= 4 is 21.9 Å². The zero-order valence-corrected chi connectivity index (χ0v) is 36.4. The van der Waals surface area contributed by atoms with Gasteiger partial charge in [0.15, 0.2) is 0 Å². The lowest BCUT2D eigenvalue weighted by Crippen LogP contribution is -2.05. The molecule has 0 spiro atoms. The van der Waals surface area contributed by atoms with E-state index in [1.807, 2.05) is 6.07 Å². The molecule has 0 aliphatic heterocycles. The molecule has 0 atom stereocenters. The number of furan rings is 1. The van der Waals surface area contributed by atoms with Crippen LogP contribution in [-0.2, 0) is 0 Å². The Balaban J connectivity index is 1.33. The first kappa shape index (κ1) is 39.6. The Morgan fingerprint density at radius 1 is 0.254 bits per heavy atom. The third-order valence-electron chi connectivity index (χ3n) is 12.8. The van der Waals surface area contributed by atoms with Crippen LogP contribution in [0.2, 0.25) is 0 Å². The van der Waals surface area contributed by atoms with Gasteiger partial charge in [-0.2, -0.15) is 0 Å². The van der Waals surface area contributed by atoms with Gasteiger partial charge in [0.1, 0.15) is 22.6 Å². The van der Waals surface area contributed by atoms with E-state index < -0.39 is 0 Å². The van der Waals surface area contributed by atoms with E-state index in [0.717, 1.165) is 117 Å². The number of hydrogen-bond donors (Lipinski definition) is 0. The van der Waals surface area contributed by atoms with E-state index in [0.29, 0.717) is 5.69 Å².